The lowest BCUT2D eigenvalue weighted by atomic mass is 9.99. The minimum Gasteiger partial charge on any atom is -0.478 e. The highest BCUT2D eigenvalue weighted by Gasteiger charge is 2.23. The number of hydrogen-bond acceptors (Lipinski definition) is 4. The first-order valence-corrected chi connectivity index (χ1v) is 9.76. The van der Waals surface area contributed by atoms with Gasteiger partial charge in [0.2, 0.25) is 10.0 Å². The monoisotopic (exact) mass is 354 g/mol. The average molecular weight is 354 g/mol. The highest BCUT2D eigenvalue weighted by Crippen LogP contribution is 2.18. The van der Waals surface area contributed by atoms with E-state index in [2.05, 4.69) is 16.5 Å². The van der Waals surface area contributed by atoms with Crippen LogP contribution in [0, 0.1) is 12.8 Å². The second kappa shape index (κ2) is 7.63. The van der Waals surface area contributed by atoms with Gasteiger partial charge in [0.1, 0.15) is 0 Å². The minimum absolute atomic E-state index is 0.00953. The van der Waals surface area contributed by atoms with E-state index in [0.29, 0.717) is 18.0 Å². The molecule has 2 atom stereocenters. The number of rotatable bonds is 6. The van der Waals surface area contributed by atoms with Crippen molar-refractivity contribution in [1.29, 1.82) is 0 Å². The number of nitrogens with one attached hydrogen (secondary N) is 1. The van der Waals surface area contributed by atoms with Crippen molar-refractivity contribution in [3.8, 4) is 0 Å². The van der Waals surface area contributed by atoms with Crippen LogP contribution in [0.1, 0.15) is 42.6 Å². The van der Waals surface area contributed by atoms with Crippen molar-refractivity contribution >= 4 is 16.0 Å². The molecule has 2 unspecified atom stereocenters. The van der Waals surface area contributed by atoms with Gasteiger partial charge >= 0.3 is 5.97 Å². The maximum Gasteiger partial charge on any atom is 0.335 e. The van der Waals surface area contributed by atoms with Crippen LogP contribution < -0.4 is 4.72 Å². The highest BCUT2D eigenvalue weighted by molar-refractivity contribution is 7.89. The fourth-order valence-corrected chi connectivity index (χ4v) is 4.21. The van der Waals surface area contributed by atoms with E-state index in [1.807, 2.05) is 6.92 Å². The summed E-state index contributed by atoms with van der Waals surface area (Å²) in [6.07, 6.45) is 2.36. The van der Waals surface area contributed by atoms with Gasteiger partial charge in [-0.1, -0.05) is 13.0 Å². The average Bonchev–Trinajstić information content (AvgIpc) is 2.52. The molecule has 6 nitrogen and oxygen atoms in total. The lowest BCUT2D eigenvalue weighted by Gasteiger charge is -2.35. The summed E-state index contributed by atoms with van der Waals surface area (Å²) >= 11 is 0. The normalized spacial score (nSPS) is 20.7. The number of aromatic carboxylic acids is 1. The fraction of sp³-hybridized carbons (Fsp3) is 0.588. The molecule has 1 aromatic rings. The smallest absolute Gasteiger partial charge is 0.335 e. The quantitative estimate of drug-likeness (QED) is 0.817. The number of benzene rings is 1. The second-order valence-corrected chi connectivity index (χ2v) is 8.49. The Kier molecular flexibility index (Phi) is 6.01. The molecular formula is C17H26N2O4S. The summed E-state index contributed by atoms with van der Waals surface area (Å²) < 4.78 is 27.5. The number of sulfonamides is 1. The van der Waals surface area contributed by atoms with Crippen molar-refractivity contribution < 1.29 is 18.3 Å². The summed E-state index contributed by atoms with van der Waals surface area (Å²) in [6.45, 7) is 8.15. The number of hydrogen-bond donors (Lipinski definition) is 2. The molecule has 24 heavy (non-hydrogen) atoms. The summed E-state index contributed by atoms with van der Waals surface area (Å²) in [5.41, 5.74) is 0.549. The molecular weight excluding hydrogens is 328 g/mol. The van der Waals surface area contributed by atoms with Gasteiger partial charge in [0.25, 0.3) is 0 Å². The molecule has 1 aromatic carbocycles. The molecule has 1 aliphatic heterocycles. The van der Waals surface area contributed by atoms with Crippen LogP contribution in [0.4, 0.5) is 0 Å². The van der Waals surface area contributed by atoms with E-state index in [1.165, 1.54) is 24.6 Å². The van der Waals surface area contributed by atoms with E-state index in [9.17, 15) is 13.2 Å². The summed E-state index contributed by atoms with van der Waals surface area (Å²) in [7, 11) is -3.72. The van der Waals surface area contributed by atoms with E-state index in [0.717, 1.165) is 19.5 Å². The maximum atomic E-state index is 12.4. The minimum atomic E-state index is -3.72. The predicted octanol–water partition coefficient (Wildman–Crippen LogP) is 2.09. The first-order chi connectivity index (χ1) is 11.2. The molecule has 2 rings (SSSR count). The number of carboxylic acid groups (broad SMARTS) is 1. The third-order valence-corrected chi connectivity index (χ3v) is 6.05. The summed E-state index contributed by atoms with van der Waals surface area (Å²) in [6, 6.07) is 4.28. The van der Waals surface area contributed by atoms with Crippen LogP contribution in [0.2, 0.25) is 0 Å². The van der Waals surface area contributed by atoms with Gasteiger partial charge in [0.05, 0.1) is 10.5 Å². The molecule has 0 spiro atoms. The Balaban J connectivity index is 2.06. The van der Waals surface area contributed by atoms with Crippen LogP contribution in [-0.2, 0) is 10.0 Å². The molecule has 1 saturated heterocycles. The van der Waals surface area contributed by atoms with Crippen LogP contribution in [0.5, 0.6) is 0 Å². The number of carbonyl (C=O) groups is 1. The van der Waals surface area contributed by atoms with Gasteiger partial charge in [0.15, 0.2) is 0 Å². The Morgan fingerprint density at radius 3 is 2.79 bits per heavy atom. The zero-order valence-electron chi connectivity index (χ0n) is 14.4. The standard InChI is InChI=1S/C17H26N2O4S/c1-12-5-4-8-19(11-12)14(3)10-18-24(22,23)15-7-6-13(2)16(9-15)17(20)21/h6-7,9,12,14,18H,4-5,8,10-11H2,1-3H3,(H,20,21). The number of likely N-dealkylation sites (tertiary alicyclic amines) is 1. The maximum absolute atomic E-state index is 12.4. The zero-order chi connectivity index (χ0) is 17.9. The van der Waals surface area contributed by atoms with Crippen molar-refractivity contribution in [3.63, 3.8) is 0 Å². The highest BCUT2D eigenvalue weighted by atomic mass is 32.2. The van der Waals surface area contributed by atoms with Gasteiger partial charge in [-0.15, -0.1) is 0 Å². The van der Waals surface area contributed by atoms with E-state index >= 15 is 0 Å². The molecule has 0 bridgehead atoms. The van der Waals surface area contributed by atoms with E-state index < -0.39 is 16.0 Å². The zero-order valence-corrected chi connectivity index (χ0v) is 15.3. The molecule has 0 radical (unpaired) electrons. The summed E-state index contributed by atoms with van der Waals surface area (Å²) in [4.78, 5) is 13.5. The predicted molar refractivity (Wildman–Crippen MR) is 92.8 cm³/mol. The Morgan fingerprint density at radius 1 is 1.46 bits per heavy atom. The lowest BCUT2D eigenvalue weighted by Crippen LogP contribution is -2.46. The number of carboxylic acids is 1. The topological polar surface area (TPSA) is 86.7 Å². The van der Waals surface area contributed by atoms with Crippen molar-refractivity contribution in [1.82, 2.24) is 9.62 Å². The van der Waals surface area contributed by atoms with Crippen LogP contribution >= 0.6 is 0 Å². The SMILES string of the molecule is Cc1ccc(S(=O)(=O)NCC(C)N2CCCC(C)C2)cc1C(=O)O. The third-order valence-electron chi connectivity index (χ3n) is 4.63. The van der Waals surface area contributed by atoms with Crippen molar-refractivity contribution in [2.24, 2.45) is 5.92 Å². The van der Waals surface area contributed by atoms with Gasteiger partial charge in [-0.05, 0) is 56.8 Å². The van der Waals surface area contributed by atoms with Crippen molar-refractivity contribution in [2.75, 3.05) is 19.6 Å². The first-order valence-electron chi connectivity index (χ1n) is 8.28. The molecule has 1 heterocycles. The van der Waals surface area contributed by atoms with Crippen molar-refractivity contribution in [3.05, 3.63) is 29.3 Å². The Labute approximate surface area is 143 Å². The van der Waals surface area contributed by atoms with Gasteiger partial charge in [0, 0.05) is 19.1 Å². The van der Waals surface area contributed by atoms with Gasteiger partial charge in [-0.25, -0.2) is 17.9 Å². The summed E-state index contributed by atoms with van der Waals surface area (Å²) in [5.74, 6) is -0.492. The van der Waals surface area contributed by atoms with E-state index in [1.54, 1.807) is 6.92 Å². The molecule has 2 N–H and O–H groups in total. The van der Waals surface area contributed by atoms with E-state index in [4.69, 9.17) is 5.11 Å². The third kappa shape index (κ3) is 4.55. The Bertz CT molecular complexity index is 703. The molecule has 0 aromatic heterocycles. The molecule has 0 amide bonds. The number of piperidine rings is 1. The first kappa shape index (κ1) is 18.9. The molecule has 0 aliphatic carbocycles. The molecule has 0 saturated carbocycles. The largest absolute Gasteiger partial charge is 0.478 e. The van der Waals surface area contributed by atoms with Crippen LogP contribution in [0.15, 0.2) is 23.1 Å². The van der Waals surface area contributed by atoms with Gasteiger partial charge < -0.3 is 5.11 Å². The van der Waals surface area contributed by atoms with Crippen LogP contribution in [0.3, 0.4) is 0 Å². The molecule has 134 valence electrons. The Hall–Kier alpha value is -1.44. The molecule has 1 aliphatic rings. The van der Waals surface area contributed by atoms with Crippen LogP contribution in [-0.4, -0.2) is 50.1 Å². The number of nitrogens with zero attached hydrogens (tertiary/aromatic N) is 1. The second-order valence-electron chi connectivity index (χ2n) is 6.73. The van der Waals surface area contributed by atoms with Crippen molar-refractivity contribution in [2.45, 2.75) is 44.6 Å². The lowest BCUT2D eigenvalue weighted by molar-refractivity contribution is 0.0696. The van der Waals surface area contributed by atoms with Gasteiger partial charge in [-0.2, -0.15) is 0 Å². The summed E-state index contributed by atoms with van der Waals surface area (Å²) in [5, 5.41) is 9.15. The Morgan fingerprint density at radius 2 is 2.17 bits per heavy atom. The van der Waals surface area contributed by atoms with Crippen LogP contribution in [0.25, 0.3) is 0 Å². The molecule has 7 heteroatoms. The van der Waals surface area contributed by atoms with E-state index in [-0.39, 0.29) is 16.5 Å². The number of aryl methyl sites for hydroxylation is 1. The fourth-order valence-electron chi connectivity index (χ4n) is 3.07. The van der Waals surface area contributed by atoms with Gasteiger partial charge in [-0.3, -0.25) is 4.90 Å². The molecule has 1 fully saturated rings.